The molecule has 0 aliphatic heterocycles. The fourth-order valence-electron chi connectivity index (χ4n) is 1.49. The van der Waals surface area contributed by atoms with Gasteiger partial charge in [0, 0.05) is 12.6 Å². The Morgan fingerprint density at radius 2 is 2.33 bits per heavy atom. The summed E-state index contributed by atoms with van der Waals surface area (Å²) in [5, 5.41) is 17.5. The minimum Gasteiger partial charge on any atom is -0.385 e. The second-order valence-electron chi connectivity index (χ2n) is 3.69. The van der Waals surface area contributed by atoms with Crippen LogP contribution in [0.25, 0.3) is 5.65 Å². The number of aliphatic hydroxyl groups is 1. The van der Waals surface area contributed by atoms with Crippen molar-refractivity contribution in [3.05, 3.63) is 22.4 Å². The topological polar surface area (TPSA) is 95.3 Å². The van der Waals surface area contributed by atoms with Crippen LogP contribution in [0.3, 0.4) is 0 Å². The van der Waals surface area contributed by atoms with Crippen LogP contribution >= 0.6 is 0 Å². The number of H-pyrrole nitrogens is 1. The lowest BCUT2D eigenvalue weighted by Gasteiger charge is -2.11. The number of fused-ring (bicyclic) bond motifs is 1. The van der Waals surface area contributed by atoms with Gasteiger partial charge in [-0.2, -0.15) is 5.10 Å². The van der Waals surface area contributed by atoms with Crippen LogP contribution in [-0.2, 0) is 0 Å². The molecule has 2 aromatic rings. The number of hydrogen-bond acceptors (Lipinski definition) is 5. The number of nitrogens with zero attached hydrogens (tertiary/aromatic N) is 3. The first-order valence-corrected chi connectivity index (χ1v) is 5.14. The van der Waals surface area contributed by atoms with Crippen molar-refractivity contribution in [2.75, 3.05) is 11.9 Å². The molecule has 0 spiro atoms. The maximum Gasteiger partial charge on any atom is 0.349 e. The molecule has 0 aliphatic rings. The lowest BCUT2D eigenvalue weighted by molar-refractivity contribution is 0.00380. The van der Waals surface area contributed by atoms with E-state index in [2.05, 4.69) is 20.5 Å². The Morgan fingerprint density at radius 1 is 1.61 bits per heavy atom. The Balaban J connectivity index is 2.22. The number of anilines is 1. The average molecular weight is 259 g/mol. The highest BCUT2D eigenvalue weighted by atomic mass is 19.3. The van der Waals surface area contributed by atoms with Gasteiger partial charge in [0.1, 0.15) is 17.7 Å². The molecule has 98 valence electrons. The predicted octanol–water partition coefficient (Wildman–Crippen LogP) is -0.236. The Morgan fingerprint density at radius 3 is 3.00 bits per heavy atom. The Labute approximate surface area is 99.5 Å². The normalized spacial score (nSPS) is 13.2. The number of rotatable bonds is 4. The molecule has 0 saturated carbocycles. The van der Waals surface area contributed by atoms with E-state index in [-0.39, 0.29) is 12.4 Å². The van der Waals surface area contributed by atoms with E-state index in [1.54, 1.807) is 6.92 Å². The van der Waals surface area contributed by atoms with Crippen LogP contribution in [0.4, 0.5) is 14.6 Å². The van der Waals surface area contributed by atoms with E-state index < -0.39 is 18.2 Å². The summed E-state index contributed by atoms with van der Waals surface area (Å²) in [6.45, 7) is 1.24. The van der Waals surface area contributed by atoms with Gasteiger partial charge >= 0.3 is 5.69 Å². The van der Waals surface area contributed by atoms with Gasteiger partial charge in [-0.05, 0) is 6.92 Å². The number of alkyl halides is 2. The fraction of sp³-hybridized carbons (Fsp3) is 0.444. The molecule has 0 aromatic carbocycles. The van der Waals surface area contributed by atoms with Crippen LogP contribution in [-0.4, -0.2) is 43.8 Å². The number of aryl methyl sites for hydroxylation is 1. The third kappa shape index (κ3) is 2.30. The minimum atomic E-state index is -2.82. The third-order valence-electron chi connectivity index (χ3n) is 2.35. The average Bonchev–Trinajstić information content (AvgIpc) is 2.68. The number of aromatic amines is 1. The summed E-state index contributed by atoms with van der Waals surface area (Å²) in [6.07, 6.45) is -4.60. The lowest BCUT2D eigenvalue weighted by Crippen LogP contribution is -2.27. The van der Waals surface area contributed by atoms with Gasteiger partial charge in [-0.1, -0.05) is 0 Å². The van der Waals surface area contributed by atoms with Crippen LogP contribution in [0.15, 0.2) is 10.9 Å². The number of nitrogens with one attached hydrogen (secondary N) is 2. The molecule has 0 radical (unpaired) electrons. The number of aromatic nitrogens is 4. The Kier molecular flexibility index (Phi) is 3.24. The van der Waals surface area contributed by atoms with Crippen molar-refractivity contribution in [3.63, 3.8) is 0 Å². The van der Waals surface area contributed by atoms with Gasteiger partial charge in [-0.15, -0.1) is 0 Å². The van der Waals surface area contributed by atoms with Crippen molar-refractivity contribution < 1.29 is 13.9 Å². The van der Waals surface area contributed by atoms with Gasteiger partial charge in [0.05, 0.1) is 0 Å². The molecule has 9 heteroatoms. The summed E-state index contributed by atoms with van der Waals surface area (Å²) < 4.78 is 25.4. The molecule has 1 unspecified atom stereocenters. The van der Waals surface area contributed by atoms with Crippen LogP contribution in [0.5, 0.6) is 0 Å². The summed E-state index contributed by atoms with van der Waals surface area (Å²) in [5.41, 5.74) is -0.101. The van der Waals surface area contributed by atoms with Crippen LogP contribution in [0.2, 0.25) is 0 Å². The molecule has 2 heterocycles. The lowest BCUT2D eigenvalue weighted by atomic mass is 10.3. The fourth-order valence-corrected chi connectivity index (χ4v) is 1.49. The zero-order chi connectivity index (χ0) is 13.3. The van der Waals surface area contributed by atoms with Crippen molar-refractivity contribution >= 4 is 11.5 Å². The molecule has 0 aliphatic carbocycles. The van der Waals surface area contributed by atoms with Gasteiger partial charge in [0.2, 0.25) is 0 Å². The number of hydrogen-bond donors (Lipinski definition) is 3. The highest BCUT2D eigenvalue weighted by molar-refractivity contribution is 5.49. The summed E-state index contributed by atoms with van der Waals surface area (Å²) in [5.74, 6) is 0.624. The molecule has 0 fully saturated rings. The summed E-state index contributed by atoms with van der Waals surface area (Å²) in [4.78, 5) is 15.3. The van der Waals surface area contributed by atoms with Crippen molar-refractivity contribution in [1.82, 2.24) is 19.6 Å². The van der Waals surface area contributed by atoms with E-state index in [0.29, 0.717) is 11.5 Å². The molecular formula is C9H11F2N5O2. The smallest absolute Gasteiger partial charge is 0.349 e. The maximum atomic E-state index is 12.1. The van der Waals surface area contributed by atoms with Crippen LogP contribution in [0.1, 0.15) is 5.82 Å². The zero-order valence-corrected chi connectivity index (χ0v) is 9.39. The van der Waals surface area contributed by atoms with Gasteiger partial charge in [0.15, 0.2) is 5.65 Å². The van der Waals surface area contributed by atoms with E-state index >= 15 is 0 Å². The molecule has 18 heavy (non-hydrogen) atoms. The highest BCUT2D eigenvalue weighted by Crippen LogP contribution is 2.09. The van der Waals surface area contributed by atoms with Crippen molar-refractivity contribution in [3.8, 4) is 0 Å². The molecule has 1 atom stereocenters. The SMILES string of the molecule is Cc1nc(NCC(O)C(F)F)cc2n[nH]c(=O)n12. The zero-order valence-electron chi connectivity index (χ0n) is 9.39. The largest absolute Gasteiger partial charge is 0.385 e. The summed E-state index contributed by atoms with van der Waals surface area (Å²) in [7, 11) is 0. The molecule has 0 amide bonds. The molecule has 3 N–H and O–H groups in total. The molecule has 2 aromatic heterocycles. The van der Waals surface area contributed by atoms with Gasteiger partial charge in [-0.3, -0.25) is 0 Å². The minimum absolute atomic E-state index is 0.263. The second-order valence-corrected chi connectivity index (χ2v) is 3.69. The maximum absolute atomic E-state index is 12.1. The molecule has 2 rings (SSSR count). The summed E-state index contributed by atoms with van der Waals surface area (Å²) in [6, 6.07) is 1.42. The van der Waals surface area contributed by atoms with E-state index in [1.165, 1.54) is 10.5 Å². The molecule has 7 nitrogen and oxygen atoms in total. The molecular weight excluding hydrogens is 248 g/mol. The Hall–Kier alpha value is -2.03. The second kappa shape index (κ2) is 4.69. The highest BCUT2D eigenvalue weighted by Gasteiger charge is 2.16. The molecule has 0 bridgehead atoms. The van der Waals surface area contributed by atoms with E-state index in [4.69, 9.17) is 5.11 Å². The first kappa shape index (κ1) is 12.4. The van der Waals surface area contributed by atoms with Crippen LogP contribution < -0.4 is 11.0 Å². The quantitative estimate of drug-likeness (QED) is 0.704. The first-order valence-electron chi connectivity index (χ1n) is 5.14. The van der Waals surface area contributed by atoms with Crippen molar-refractivity contribution in [2.24, 2.45) is 0 Å². The Bertz CT molecular complexity index is 609. The van der Waals surface area contributed by atoms with Gasteiger partial charge in [0.25, 0.3) is 6.43 Å². The number of halogens is 2. The monoisotopic (exact) mass is 259 g/mol. The summed E-state index contributed by atoms with van der Waals surface area (Å²) >= 11 is 0. The van der Waals surface area contributed by atoms with Gasteiger partial charge in [-0.25, -0.2) is 28.1 Å². The van der Waals surface area contributed by atoms with Crippen molar-refractivity contribution in [1.29, 1.82) is 0 Å². The predicted molar refractivity (Wildman–Crippen MR) is 58.8 cm³/mol. The van der Waals surface area contributed by atoms with E-state index in [9.17, 15) is 13.6 Å². The van der Waals surface area contributed by atoms with E-state index in [1.807, 2.05) is 0 Å². The molecule has 0 saturated heterocycles. The standard InChI is InChI=1S/C9H11F2N5O2/c1-4-13-6(12-3-5(17)8(10)11)2-7-14-15-9(18)16(4)7/h2,5,8,12,17H,3H2,1H3,(H,15,18). The third-order valence-corrected chi connectivity index (χ3v) is 2.35. The number of aliphatic hydroxyl groups excluding tert-OH is 1. The van der Waals surface area contributed by atoms with Gasteiger partial charge < -0.3 is 10.4 Å². The first-order chi connectivity index (χ1) is 8.49. The van der Waals surface area contributed by atoms with Crippen LogP contribution in [0, 0.1) is 6.92 Å². The van der Waals surface area contributed by atoms with E-state index in [0.717, 1.165) is 0 Å². The van der Waals surface area contributed by atoms with Crippen molar-refractivity contribution in [2.45, 2.75) is 19.5 Å².